The van der Waals surface area contributed by atoms with Crippen LogP contribution in [-0.2, 0) is 0 Å². The minimum absolute atomic E-state index is 0.545. The predicted octanol–water partition coefficient (Wildman–Crippen LogP) is 2.90. The van der Waals surface area contributed by atoms with Crippen molar-refractivity contribution in [2.24, 2.45) is 10.7 Å². The molecule has 0 aliphatic heterocycles. The monoisotopic (exact) mass is 200 g/mol. The lowest BCUT2D eigenvalue weighted by molar-refractivity contribution is 1.41. The third-order valence-corrected chi connectivity index (χ3v) is 1.92. The van der Waals surface area contributed by atoms with Gasteiger partial charge in [-0.2, -0.15) is 0 Å². The minimum atomic E-state index is 0.545. The minimum Gasteiger partial charge on any atom is -0.387 e. The predicted molar refractivity (Wildman–Crippen MR) is 66.6 cm³/mol. The Morgan fingerprint density at radius 1 is 1.33 bits per heavy atom. The first-order valence-electron chi connectivity index (χ1n) is 4.84. The molecule has 0 aromatic heterocycles. The highest BCUT2D eigenvalue weighted by Crippen LogP contribution is 2.16. The zero-order valence-electron chi connectivity index (χ0n) is 9.20. The summed E-state index contributed by atoms with van der Waals surface area (Å²) in [5.41, 5.74) is 8.68. The molecule has 0 heterocycles. The van der Waals surface area contributed by atoms with Gasteiger partial charge in [-0.3, -0.25) is 0 Å². The van der Waals surface area contributed by atoms with E-state index in [1.807, 2.05) is 30.3 Å². The summed E-state index contributed by atoms with van der Waals surface area (Å²) in [5, 5.41) is 0. The van der Waals surface area contributed by atoms with Gasteiger partial charge in [0.15, 0.2) is 0 Å². The maximum Gasteiger partial charge on any atom is 0.0965 e. The number of aryl methyl sites for hydroxylation is 1. The number of hydrogen-bond donors (Lipinski definition) is 1. The van der Waals surface area contributed by atoms with E-state index in [2.05, 4.69) is 18.5 Å². The summed E-state index contributed by atoms with van der Waals surface area (Å²) >= 11 is 0. The molecule has 0 unspecified atom stereocenters. The van der Waals surface area contributed by atoms with Gasteiger partial charge in [-0.25, -0.2) is 4.99 Å². The van der Waals surface area contributed by atoms with Gasteiger partial charge in [0.05, 0.1) is 11.5 Å². The van der Waals surface area contributed by atoms with Crippen molar-refractivity contribution in [3.05, 3.63) is 54.1 Å². The summed E-state index contributed by atoms with van der Waals surface area (Å²) in [6.07, 6.45) is 3.56. The normalized spacial score (nSPS) is 12.7. The van der Waals surface area contributed by atoms with Crippen molar-refractivity contribution < 1.29 is 0 Å². The van der Waals surface area contributed by atoms with Crippen molar-refractivity contribution in [1.29, 1.82) is 0 Å². The summed E-state index contributed by atoms with van der Waals surface area (Å²) in [7, 11) is 0. The second-order valence-electron chi connectivity index (χ2n) is 3.41. The van der Waals surface area contributed by atoms with Crippen molar-refractivity contribution in [3.63, 3.8) is 0 Å². The second kappa shape index (κ2) is 5.15. The molecule has 15 heavy (non-hydrogen) atoms. The highest BCUT2D eigenvalue weighted by atomic mass is 14.9. The van der Waals surface area contributed by atoms with Crippen LogP contribution in [0.1, 0.15) is 18.1 Å². The van der Waals surface area contributed by atoms with Crippen LogP contribution in [0.15, 0.2) is 48.0 Å². The van der Waals surface area contributed by atoms with Gasteiger partial charge in [0.1, 0.15) is 0 Å². The quantitative estimate of drug-likeness (QED) is 0.455. The number of amidine groups is 1. The maximum absolute atomic E-state index is 5.57. The van der Waals surface area contributed by atoms with Gasteiger partial charge in [-0.15, -0.1) is 0 Å². The lowest BCUT2D eigenvalue weighted by Crippen LogP contribution is -2.05. The van der Waals surface area contributed by atoms with Crippen LogP contribution < -0.4 is 5.73 Å². The number of hydrogen-bond acceptors (Lipinski definition) is 1. The SMILES string of the molecule is C=C/C=C(\N=C(C)N)c1ccc(C)cc1. The average molecular weight is 200 g/mol. The first kappa shape index (κ1) is 11.2. The molecule has 2 nitrogen and oxygen atoms in total. The van der Waals surface area contributed by atoms with Crippen molar-refractivity contribution >= 4 is 11.5 Å². The average Bonchev–Trinajstić information content (AvgIpc) is 2.17. The van der Waals surface area contributed by atoms with E-state index in [0.29, 0.717) is 5.84 Å². The van der Waals surface area contributed by atoms with Crippen LogP contribution in [0.5, 0.6) is 0 Å². The highest BCUT2D eigenvalue weighted by molar-refractivity contribution is 5.85. The molecule has 0 aliphatic carbocycles. The summed E-state index contributed by atoms with van der Waals surface area (Å²) < 4.78 is 0. The Kier molecular flexibility index (Phi) is 3.86. The Morgan fingerprint density at radius 3 is 2.40 bits per heavy atom. The molecule has 0 bridgehead atoms. The summed E-state index contributed by atoms with van der Waals surface area (Å²) in [6, 6.07) is 8.15. The molecule has 0 spiro atoms. The van der Waals surface area contributed by atoms with Gasteiger partial charge in [0.25, 0.3) is 0 Å². The second-order valence-corrected chi connectivity index (χ2v) is 3.41. The molecule has 0 amide bonds. The standard InChI is InChI=1S/C13H16N2/c1-4-5-13(15-11(3)14)12-8-6-10(2)7-9-12/h4-9H,1H2,2-3H3,(H2,14,15)/b13-5-. The molecule has 0 radical (unpaired) electrons. The van der Waals surface area contributed by atoms with Crippen LogP contribution in [0.4, 0.5) is 0 Å². The third kappa shape index (κ3) is 3.43. The Hall–Kier alpha value is -1.83. The fourth-order valence-corrected chi connectivity index (χ4v) is 1.22. The Bertz CT molecular complexity index is 393. The third-order valence-electron chi connectivity index (χ3n) is 1.92. The molecule has 0 saturated heterocycles. The van der Waals surface area contributed by atoms with Gasteiger partial charge in [0.2, 0.25) is 0 Å². The van der Waals surface area contributed by atoms with Crippen LogP contribution >= 0.6 is 0 Å². The number of benzene rings is 1. The fourth-order valence-electron chi connectivity index (χ4n) is 1.22. The molecular formula is C13H16N2. The van der Waals surface area contributed by atoms with Gasteiger partial charge in [0, 0.05) is 5.56 Å². The molecule has 2 heteroatoms. The van der Waals surface area contributed by atoms with E-state index in [1.165, 1.54) is 5.56 Å². The Balaban J connectivity index is 3.11. The van der Waals surface area contributed by atoms with E-state index in [1.54, 1.807) is 13.0 Å². The largest absolute Gasteiger partial charge is 0.387 e. The molecule has 1 rings (SSSR count). The van der Waals surface area contributed by atoms with Gasteiger partial charge < -0.3 is 5.73 Å². The van der Waals surface area contributed by atoms with E-state index in [4.69, 9.17) is 5.73 Å². The summed E-state index contributed by atoms with van der Waals surface area (Å²) in [4.78, 5) is 4.25. The van der Waals surface area contributed by atoms with E-state index in [9.17, 15) is 0 Å². The van der Waals surface area contributed by atoms with Gasteiger partial charge in [-0.05, 0) is 19.9 Å². The molecule has 1 aromatic rings. The van der Waals surface area contributed by atoms with E-state index < -0.39 is 0 Å². The zero-order chi connectivity index (χ0) is 11.3. The molecule has 0 aliphatic rings. The number of rotatable bonds is 3. The molecule has 2 N–H and O–H groups in total. The van der Waals surface area contributed by atoms with Crippen LogP contribution in [0, 0.1) is 6.92 Å². The maximum atomic E-state index is 5.57. The fraction of sp³-hybridized carbons (Fsp3) is 0.154. The number of nitrogens with two attached hydrogens (primary N) is 1. The smallest absolute Gasteiger partial charge is 0.0965 e. The molecule has 0 fully saturated rings. The molecule has 0 atom stereocenters. The van der Waals surface area contributed by atoms with Crippen molar-refractivity contribution in [1.82, 2.24) is 0 Å². The Morgan fingerprint density at radius 2 is 1.93 bits per heavy atom. The number of nitrogens with zero attached hydrogens (tertiary/aromatic N) is 1. The highest BCUT2D eigenvalue weighted by Gasteiger charge is 1.98. The van der Waals surface area contributed by atoms with Crippen LogP contribution in [-0.4, -0.2) is 5.84 Å². The van der Waals surface area contributed by atoms with Crippen LogP contribution in [0.25, 0.3) is 5.70 Å². The summed E-state index contributed by atoms with van der Waals surface area (Å²) in [5.74, 6) is 0.545. The van der Waals surface area contributed by atoms with Gasteiger partial charge >= 0.3 is 0 Å². The van der Waals surface area contributed by atoms with Crippen LogP contribution in [0.2, 0.25) is 0 Å². The Labute approximate surface area is 90.8 Å². The summed E-state index contributed by atoms with van der Waals surface area (Å²) in [6.45, 7) is 7.49. The van der Waals surface area contributed by atoms with Crippen molar-refractivity contribution in [3.8, 4) is 0 Å². The van der Waals surface area contributed by atoms with Crippen LogP contribution in [0.3, 0.4) is 0 Å². The molecule has 78 valence electrons. The van der Waals surface area contributed by atoms with Crippen molar-refractivity contribution in [2.75, 3.05) is 0 Å². The first-order chi connectivity index (χ1) is 7.13. The van der Waals surface area contributed by atoms with Gasteiger partial charge in [-0.1, -0.05) is 42.5 Å². The van der Waals surface area contributed by atoms with Crippen molar-refractivity contribution in [2.45, 2.75) is 13.8 Å². The lowest BCUT2D eigenvalue weighted by atomic mass is 10.1. The first-order valence-corrected chi connectivity index (χ1v) is 4.84. The van der Waals surface area contributed by atoms with E-state index >= 15 is 0 Å². The lowest BCUT2D eigenvalue weighted by Gasteiger charge is -2.02. The number of aliphatic imine (C=N–C) groups is 1. The topological polar surface area (TPSA) is 38.4 Å². The molecule has 1 aromatic carbocycles. The zero-order valence-corrected chi connectivity index (χ0v) is 9.20. The molecule has 0 saturated carbocycles. The number of allylic oxidation sites excluding steroid dienone is 2. The van der Waals surface area contributed by atoms with E-state index in [0.717, 1.165) is 11.3 Å². The molecular weight excluding hydrogens is 184 g/mol. The van der Waals surface area contributed by atoms with E-state index in [-0.39, 0.29) is 0 Å².